The van der Waals surface area contributed by atoms with Gasteiger partial charge in [-0.15, -0.1) is 5.10 Å². The van der Waals surface area contributed by atoms with E-state index in [1.807, 2.05) is 31.2 Å². The average molecular weight is 379 g/mol. The molecule has 3 N–H and O–H groups in total. The van der Waals surface area contributed by atoms with Crippen molar-refractivity contribution in [3.05, 3.63) is 60.3 Å². The standard InChI is InChI=1S/C20H21N5O3/c1-13-4-11-19(25-24-13)21-14-5-7-15(8-6-14)22-20(26)23-17-10-9-16(27-2)12-18(17)28-3/h4-12H,1-3H3,(H,21,25)(H2,22,23,26). The lowest BCUT2D eigenvalue weighted by molar-refractivity contribution is 0.262. The van der Waals surface area contributed by atoms with Crippen molar-refractivity contribution in [2.45, 2.75) is 6.92 Å². The van der Waals surface area contributed by atoms with Crippen LogP contribution in [0.15, 0.2) is 54.6 Å². The molecule has 0 saturated heterocycles. The molecule has 0 saturated carbocycles. The van der Waals surface area contributed by atoms with Gasteiger partial charge in [0.25, 0.3) is 0 Å². The van der Waals surface area contributed by atoms with Crippen LogP contribution in [-0.2, 0) is 0 Å². The van der Waals surface area contributed by atoms with Gasteiger partial charge in [0, 0.05) is 17.4 Å². The summed E-state index contributed by atoms with van der Waals surface area (Å²) in [5, 5.41) is 16.7. The Morgan fingerprint density at radius 3 is 2.25 bits per heavy atom. The molecular weight excluding hydrogens is 358 g/mol. The molecule has 3 rings (SSSR count). The molecule has 0 unspecified atom stereocenters. The lowest BCUT2D eigenvalue weighted by Crippen LogP contribution is -2.19. The smallest absolute Gasteiger partial charge is 0.323 e. The zero-order valence-corrected chi connectivity index (χ0v) is 15.8. The molecule has 144 valence electrons. The van der Waals surface area contributed by atoms with Gasteiger partial charge in [-0.3, -0.25) is 0 Å². The molecule has 0 radical (unpaired) electrons. The zero-order valence-electron chi connectivity index (χ0n) is 15.8. The second-order valence-electron chi connectivity index (χ2n) is 5.91. The maximum Gasteiger partial charge on any atom is 0.323 e. The number of carbonyl (C=O) groups excluding carboxylic acids is 1. The van der Waals surface area contributed by atoms with Crippen molar-refractivity contribution in [2.24, 2.45) is 0 Å². The Balaban J connectivity index is 1.60. The maximum absolute atomic E-state index is 12.3. The van der Waals surface area contributed by atoms with Crippen molar-refractivity contribution in [3.63, 3.8) is 0 Å². The monoisotopic (exact) mass is 379 g/mol. The number of aryl methyl sites for hydroxylation is 1. The zero-order chi connectivity index (χ0) is 19.9. The minimum atomic E-state index is -0.381. The van der Waals surface area contributed by atoms with E-state index in [9.17, 15) is 4.79 Å². The molecule has 0 atom stereocenters. The van der Waals surface area contributed by atoms with Crippen molar-refractivity contribution in [3.8, 4) is 11.5 Å². The van der Waals surface area contributed by atoms with Gasteiger partial charge in [0.15, 0.2) is 5.82 Å². The van der Waals surface area contributed by atoms with Gasteiger partial charge in [0.2, 0.25) is 0 Å². The van der Waals surface area contributed by atoms with Gasteiger partial charge >= 0.3 is 6.03 Å². The minimum Gasteiger partial charge on any atom is -0.497 e. The van der Waals surface area contributed by atoms with Crippen LogP contribution >= 0.6 is 0 Å². The van der Waals surface area contributed by atoms with E-state index in [0.717, 1.165) is 11.4 Å². The summed E-state index contributed by atoms with van der Waals surface area (Å²) in [4.78, 5) is 12.3. The number of hydrogen-bond donors (Lipinski definition) is 3. The van der Waals surface area contributed by atoms with Crippen molar-refractivity contribution in [2.75, 3.05) is 30.2 Å². The van der Waals surface area contributed by atoms with Gasteiger partial charge in [-0.05, 0) is 55.5 Å². The van der Waals surface area contributed by atoms with Crippen molar-refractivity contribution in [1.29, 1.82) is 0 Å². The van der Waals surface area contributed by atoms with Crippen LogP contribution in [0.5, 0.6) is 11.5 Å². The number of ether oxygens (including phenoxy) is 2. The summed E-state index contributed by atoms with van der Waals surface area (Å²) in [6.45, 7) is 1.88. The largest absolute Gasteiger partial charge is 0.497 e. The van der Waals surface area contributed by atoms with Crippen molar-refractivity contribution in [1.82, 2.24) is 10.2 Å². The molecule has 0 aliphatic carbocycles. The Kier molecular flexibility index (Phi) is 5.91. The van der Waals surface area contributed by atoms with Crippen molar-refractivity contribution >= 4 is 28.9 Å². The Bertz CT molecular complexity index is 943. The molecule has 0 aliphatic heterocycles. The van der Waals surface area contributed by atoms with Crippen LogP contribution in [0.4, 0.5) is 27.7 Å². The average Bonchev–Trinajstić information content (AvgIpc) is 2.71. The Morgan fingerprint density at radius 2 is 1.61 bits per heavy atom. The molecule has 28 heavy (non-hydrogen) atoms. The maximum atomic E-state index is 12.3. The predicted molar refractivity (Wildman–Crippen MR) is 109 cm³/mol. The summed E-state index contributed by atoms with van der Waals surface area (Å²) < 4.78 is 10.4. The summed E-state index contributed by atoms with van der Waals surface area (Å²) in [5.74, 6) is 1.80. The molecule has 2 aromatic carbocycles. The van der Waals surface area contributed by atoms with Crippen LogP contribution in [0.25, 0.3) is 0 Å². The fourth-order valence-electron chi connectivity index (χ4n) is 2.44. The van der Waals surface area contributed by atoms with Gasteiger partial charge in [-0.1, -0.05) is 0 Å². The van der Waals surface area contributed by atoms with E-state index >= 15 is 0 Å². The highest BCUT2D eigenvalue weighted by Crippen LogP contribution is 2.29. The molecule has 2 amide bonds. The fourth-order valence-corrected chi connectivity index (χ4v) is 2.44. The minimum absolute atomic E-state index is 0.381. The van der Waals surface area contributed by atoms with Gasteiger partial charge < -0.3 is 25.4 Å². The van der Waals surface area contributed by atoms with Crippen LogP contribution < -0.4 is 25.4 Å². The normalized spacial score (nSPS) is 10.1. The summed E-state index contributed by atoms with van der Waals surface area (Å²) >= 11 is 0. The molecule has 0 aliphatic rings. The van der Waals surface area contributed by atoms with Crippen LogP contribution in [0.2, 0.25) is 0 Å². The van der Waals surface area contributed by atoms with Crippen LogP contribution in [-0.4, -0.2) is 30.4 Å². The molecule has 8 nitrogen and oxygen atoms in total. The summed E-state index contributed by atoms with van der Waals surface area (Å²) in [6, 6.07) is 15.8. The van der Waals surface area contributed by atoms with Gasteiger partial charge in [-0.25, -0.2) is 4.79 Å². The number of nitrogens with zero attached hydrogens (tertiary/aromatic N) is 2. The molecule has 0 spiro atoms. The van der Waals surface area contributed by atoms with E-state index in [1.54, 1.807) is 37.4 Å². The second kappa shape index (κ2) is 8.72. The predicted octanol–water partition coefficient (Wildman–Crippen LogP) is 4.19. The Hall–Kier alpha value is -3.81. The fraction of sp³-hybridized carbons (Fsp3) is 0.150. The van der Waals surface area contributed by atoms with E-state index < -0.39 is 0 Å². The second-order valence-corrected chi connectivity index (χ2v) is 5.91. The molecule has 0 fully saturated rings. The quantitative estimate of drug-likeness (QED) is 0.594. The van der Waals surface area contributed by atoms with E-state index in [2.05, 4.69) is 26.1 Å². The number of rotatable bonds is 6. The van der Waals surface area contributed by atoms with Gasteiger partial charge in [0.1, 0.15) is 11.5 Å². The van der Waals surface area contributed by atoms with E-state index in [-0.39, 0.29) is 6.03 Å². The van der Waals surface area contributed by atoms with Gasteiger partial charge in [0.05, 0.1) is 25.6 Å². The Labute approximate surface area is 162 Å². The molecule has 1 aromatic heterocycles. The van der Waals surface area contributed by atoms with E-state index in [1.165, 1.54) is 7.11 Å². The molecular formula is C20H21N5O3. The first-order valence-corrected chi connectivity index (χ1v) is 8.55. The number of benzene rings is 2. The third-order valence-corrected chi connectivity index (χ3v) is 3.87. The number of amides is 2. The highest BCUT2D eigenvalue weighted by Gasteiger charge is 2.09. The van der Waals surface area contributed by atoms with E-state index in [4.69, 9.17) is 9.47 Å². The third-order valence-electron chi connectivity index (χ3n) is 3.87. The molecule has 1 heterocycles. The van der Waals surface area contributed by atoms with Crippen LogP contribution in [0.3, 0.4) is 0 Å². The highest BCUT2D eigenvalue weighted by atomic mass is 16.5. The van der Waals surface area contributed by atoms with Crippen LogP contribution in [0.1, 0.15) is 5.69 Å². The first-order valence-electron chi connectivity index (χ1n) is 8.55. The summed E-state index contributed by atoms with van der Waals surface area (Å²) in [7, 11) is 3.10. The Morgan fingerprint density at radius 1 is 0.857 bits per heavy atom. The third kappa shape index (κ3) is 4.88. The first kappa shape index (κ1) is 19.0. The topological polar surface area (TPSA) is 97.4 Å². The van der Waals surface area contributed by atoms with E-state index in [0.29, 0.717) is 28.7 Å². The number of hydrogen-bond acceptors (Lipinski definition) is 6. The SMILES string of the molecule is COc1ccc(NC(=O)Nc2ccc(Nc3ccc(C)nn3)cc2)c(OC)c1. The highest BCUT2D eigenvalue weighted by molar-refractivity contribution is 6.00. The number of urea groups is 1. The number of anilines is 4. The summed E-state index contributed by atoms with van der Waals surface area (Å²) in [6.07, 6.45) is 0. The number of carbonyl (C=O) groups is 1. The lowest BCUT2D eigenvalue weighted by Gasteiger charge is -2.12. The lowest BCUT2D eigenvalue weighted by atomic mass is 10.2. The first-order chi connectivity index (χ1) is 13.6. The van der Waals surface area contributed by atoms with Gasteiger partial charge in [-0.2, -0.15) is 5.10 Å². The van der Waals surface area contributed by atoms with Crippen molar-refractivity contribution < 1.29 is 14.3 Å². The molecule has 0 bridgehead atoms. The number of nitrogens with one attached hydrogen (secondary N) is 3. The molecule has 8 heteroatoms. The number of methoxy groups -OCH3 is 2. The summed E-state index contributed by atoms with van der Waals surface area (Å²) in [5.41, 5.74) is 2.87. The number of aromatic nitrogens is 2. The molecule has 3 aromatic rings. The van der Waals surface area contributed by atoms with Crippen LogP contribution in [0, 0.1) is 6.92 Å².